The number of methoxy groups -OCH3 is 2. The van der Waals surface area contributed by atoms with Gasteiger partial charge in [0.15, 0.2) is 5.82 Å². The molecule has 6 nitrogen and oxygen atoms in total. The summed E-state index contributed by atoms with van der Waals surface area (Å²) in [5.41, 5.74) is 4.00. The number of esters is 1. The molecule has 0 spiro atoms. The van der Waals surface area contributed by atoms with Crippen molar-refractivity contribution in [1.29, 1.82) is 0 Å². The van der Waals surface area contributed by atoms with Crippen molar-refractivity contribution in [2.45, 2.75) is 52.6 Å². The molecule has 41 heavy (non-hydrogen) atoms. The summed E-state index contributed by atoms with van der Waals surface area (Å²) in [6.45, 7) is 6.86. The normalized spacial score (nSPS) is 18.6. The Kier molecular flexibility index (Phi) is 10.3. The van der Waals surface area contributed by atoms with Gasteiger partial charge in [-0.2, -0.15) is 0 Å². The maximum absolute atomic E-state index is 16.8. The highest BCUT2D eigenvalue weighted by Gasteiger charge is 2.41. The van der Waals surface area contributed by atoms with Gasteiger partial charge in [0.05, 0.1) is 26.5 Å². The van der Waals surface area contributed by atoms with E-state index in [2.05, 4.69) is 22.6 Å². The lowest BCUT2D eigenvalue weighted by Crippen LogP contribution is -2.36. The average Bonchev–Trinajstić information content (AvgIpc) is 2.97. The minimum absolute atomic E-state index is 0.0728. The topological polar surface area (TPSA) is 65.1 Å². The lowest BCUT2D eigenvalue weighted by molar-refractivity contribution is -0.153. The highest BCUT2D eigenvalue weighted by molar-refractivity contribution is 14.1. The van der Waals surface area contributed by atoms with Crippen LogP contribution in [0.3, 0.4) is 0 Å². The van der Waals surface area contributed by atoms with Gasteiger partial charge < -0.3 is 19.1 Å². The minimum atomic E-state index is -0.784. The number of hydrogen-bond donors (Lipinski definition) is 0. The summed E-state index contributed by atoms with van der Waals surface area (Å²) in [6.07, 6.45) is 0.458. The maximum Gasteiger partial charge on any atom is 0.316 e. The smallest absolute Gasteiger partial charge is 0.316 e. The van der Waals surface area contributed by atoms with Crippen LogP contribution in [-0.2, 0) is 27.4 Å². The number of carbonyl (C=O) groups excluding carboxylic acids is 2. The van der Waals surface area contributed by atoms with E-state index in [1.54, 1.807) is 21.1 Å². The SMILES string of the molecule is CCOC(=O)C1CC(C)C(c2c(F)c(N(Cc3ccc(OC)cc3)Cc3ccc(OC)cc3)cc(C)c2I)CC1=O. The second kappa shape index (κ2) is 13.7. The number of hydrogen-bond acceptors (Lipinski definition) is 6. The molecule has 0 aliphatic heterocycles. The van der Waals surface area contributed by atoms with Gasteiger partial charge in [-0.25, -0.2) is 4.39 Å². The molecular formula is C33H37FINO5. The molecule has 4 rings (SSSR count). The van der Waals surface area contributed by atoms with Crippen LogP contribution in [0.25, 0.3) is 0 Å². The largest absolute Gasteiger partial charge is 0.497 e. The molecule has 1 aliphatic rings. The molecule has 1 fully saturated rings. The van der Waals surface area contributed by atoms with Gasteiger partial charge in [0, 0.05) is 28.6 Å². The third-order valence-electron chi connectivity index (χ3n) is 7.85. The zero-order valence-corrected chi connectivity index (χ0v) is 26.4. The van der Waals surface area contributed by atoms with E-state index in [1.807, 2.05) is 73.3 Å². The molecule has 0 amide bonds. The van der Waals surface area contributed by atoms with E-state index in [0.717, 1.165) is 31.8 Å². The fraction of sp³-hybridized carbons (Fsp3) is 0.394. The van der Waals surface area contributed by atoms with Gasteiger partial charge in [0.1, 0.15) is 23.2 Å². The molecule has 1 aliphatic carbocycles. The Balaban J connectivity index is 1.73. The van der Waals surface area contributed by atoms with Crippen LogP contribution in [0.4, 0.5) is 10.1 Å². The standard InChI is InChI=1S/C33H37FINO5/c1-6-41-33(38)27-15-20(2)26(17-29(27)37)30-31(34)28(16-21(3)32(30)35)36(18-22-7-11-24(39-4)12-8-22)19-23-9-13-25(40-5)14-10-23/h7-14,16,20,26-27H,6,15,17-19H2,1-5H3. The van der Waals surface area contributed by atoms with Crippen molar-refractivity contribution < 1.29 is 28.2 Å². The van der Waals surface area contributed by atoms with Crippen LogP contribution < -0.4 is 14.4 Å². The Labute approximate surface area is 255 Å². The number of halogens is 2. The molecular weight excluding hydrogens is 636 g/mol. The summed E-state index contributed by atoms with van der Waals surface area (Å²) in [5, 5.41) is 0. The Morgan fingerprint density at radius 3 is 2.02 bits per heavy atom. The van der Waals surface area contributed by atoms with E-state index in [9.17, 15) is 9.59 Å². The molecule has 3 aromatic rings. The number of nitrogens with zero attached hydrogens (tertiary/aromatic N) is 1. The number of anilines is 1. The third-order valence-corrected chi connectivity index (χ3v) is 9.28. The first-order valence-electron chi connectivity index (χ1n) is 13.8. The highest BCUT2D eigenvalue weighted by atomic mass is 127. The monoisotopic (exact) mass is 673 g/mol. The minimum Gasteiger partial charge on any atom is -0.497 e. The predicted octanol–water partition coefficient (Wildman–Crippen LogP) is 7.22. The fourth-order valence-electron chi connectivity index (χ4n) is 5.55. The zero-order chi connectivity index (χ0) is 29.7. The fourth-order valence-corrected chi connectivity index (χ4v) is 6.34. The number of carbonyl (C=O) groups is 2. The molecule has 3 aromatic carbocycles. The van der Waals surface area contributed by atoms with Crippen LogP contribution in [0.2, 0.25) is 0 Å². The lowest BCUT2D eigenvalue weighted by Gasteiger charge is -2.35. The molecule has 0 aromatic heterocycles. The Morgan fingerprint density at radius 2 is 1.54 bits per heavy atom. The first-order valence-corrected chi connectivity index (χ1v) is 14.9. The first-order chi connectivity index (χ1) is 19.7. The summed E-state index contributed by atoms with van der Waals surface area (Å²) < 4.78 is 33.4. The van der Waals surface area contributed by atoms with Crippen molar-refractivity contribution in [2.24, 2.45) is 11.8 Å². The molecule has 8 heteroatoms. The van der Waals surface area contributed by atoms with Crippen molar-refractivity contribution in [3.05, 3.63) is 86.2 Å². The quantitative estimate of drug-likeness (QED) is 0.129. The summed E-state index contributed by atoms with van der Waals surface area (Å²) >= 11 is 2.20. The van der Waals surface area contributed by atoms with Gasteiger partial charge in [0.25, 0.3) is 0 Å². The third kappa shape index (κ3) is 7.02. The average molecular weight is 674 g/mol. The second-order valence-corrected chi connectivity index (χ2v) is 11.7. The zero-order valence-electron chi connectivity index (χ0n) is 24.2. The van der Waals surface area contributed by atoms with Gasteiger partial charge >= 0.3 is 5.97 Å². The van der Waals surface area contributed by atoms with E-state index in [-0.39, 0.29) is 36.5 Å². The van der Waals surface area contributed by atoms with Gasteiger partial charge in [0.2, 0.25) is 0 Å². The van der Waals surface area contributed by atoms with E-state index >= 15 is 4.39 Å². The van der Waals surface area contributed by atoms with Crippen molar-refractivity contribution in [3.8, 4) is 11.5 Å². The summed E-state index contributed by atoms with van der Waals surface area (Å²) in [4.78, 5) is 27.5. The van der Waals surface area contributed by atoms with Crippen LogP contribution in [0.5, 0.6) is 11.5 Å². The van der Waals surface area contributed by atoms with Gasteiger partial charge in [-0.3, -0.25) is 9.59 Å². The number of benzene rings is 3. The van der Waals surface area contributed by atoms with E-state index < -0.39 is 11.9 Å². The van der Waals surface area contributed by atoms with Gasteiger partial charge in [-0.1, -0.05) is 31.2 Å². The Bertz CT molecular complexity index is 1330. The summed E-state index contributed by atoms with van der Waals surface area (Å²) in [6, 6.07) is 17.4. The van der Waals surface area contributed by atoms with E-state index in [1.165, 1.54) is 0 Å². The number of aryl methyl sites for hydroxylation is 1. The summed E-state index contributed by atoms with van der Waals surface area (Å²) in [7, 11) is 3.25. The molecule has 3 unspecified atom stereocenters. The number of rotatable bonds is 10. The number of Topliss-reactive ketones (excluding diaryl/α,β-unsaturated/α-hetero) is 1. The molecule has 3 atom stereocenters. The van der Waals surface area contributed by atoms with Crippen LogP contribution in [-0.4, -0.2) is 32.6 Å². The molecule has 0 N–H and O–H groups in total. The summed E-state index contributed by atoms with van der Waals surface area (Å²) in [5.74, 6) is -0.656. The Hall–Kier alpha value is -3.14. The molecule has 0 radical (unpaired) electrons. The van der Waals surface area contributed by atoms with Gasteiger partial charge in [-0.15, -0.1) is 0 Å². The van der Waals surface area contributed by atoms with Crippen LogP contribution in [0, 0.1) is 28.1 Å². The highest BCUT2D eigenvalue weighted by Crippen LogP contribution is 2.44. The molecule has 0 saturated heterocycles. The molecule has 0 heterocycles. The van der Waals surface area contributed by atoms with E-state index in [0.29, 0.717) is 30.8 Å². The molecule has 218 valence electrons. The van der Waals surface area contributed by atoms with Crippen LogP contribution >= 0.6 is 22.6 Å². The lowest BCUT2D eigenvalue weighted by atomic mass is 9.71. The van der Waals surface area contributed by atoms with Crippen molar-refractivity contribution in [1.82, 2.24) is 0 Å². The molecule has 0 bridgehead atoms. The molecule has 1 saturated carbocycles. The Morgan fingerprint density at radius 1 is 1.00 bits per heavy atom. The van der Waals surface area contributed by atoms with Crippen molar-refractivity contribution >= 4 is 40.0 Å². The number of ketones is 1. The van der Waals surface area contributed by atoms with Crippen molar-refractivity contribution in [3.63, 3.8) is 0 Å². The first kappa shape index (κ1) is 30.8. The van der Waals surface area contributed by atoms with Gasteiger partial charge in [-0.05, 0) is 102 Å². The number of ether oxygens (including phenoxy) is 3. The maximum atomic E-state index is 16.8. The van der Waals surface area contributed by atoms with E-state index in [4.69, 9.17) is 14.2 Å². The van der Waals surface area contributed by atoms with Crippen LogP contribution in [0.15, 0.2) is 54.6 Å². The predicted molar refractivity (Wildman–Crippen MR) is 166 cm³/mol. The second-order valence-electron chi connectivity index (χ2n) is 10.6. The van der Waals surface area contributed by atoms with Crippen LogP contribution in [0.1, 0.15) is 54.9 Å². The van der Waals surface area contributed by atoms with Crippen molar-refractivity contribution in [2.75, 3.05) is 25.7 Å².